The standard InChI is InChI=1S/C16H22N4/c1-5-8-14-18-11-12-9-10-20(4)16(15(12)19-14)13(6-2)17-7-3/h6-7,9,11H,5,8,10H2,1-4H3/b13-6-,17-7-. The van der Waals surface area contributed by atoms with Crippen molar-refractivity contribution in [1.82, 2.24) is 14.9 Å². The normalized spacial score (nSPS) is 15.5. The van der Waals surface area contributed by atoms with Gasteiger partial charge in [0.2, 0.25) is 0 Å². The number of aromatic nitrogens is 2. The number of rotatable bonds is 4. The van der Waals surface area contributed by atoms with Gasteiger partial charge in [0.05, 0.1) is 16.7 Å². The molecule has 0 aromatic carbocycles. The molecule has 0 unspecified atom stereocenters. The summed E-state index contributed by atoms with van der Waals surface area (Å²) in [5.74, 6) is 0.906. The van der Waals surface area contributed by atoms with Gasteiger partial charge >= 0.3 is 0 Å². The molecule has 1 aliphatic rings. The van der Waals surface area contributed by atoms with E-state index >= 15 is 0 Å². The fourth-order valence-corrected chi connectivity index (χ4v) is 2.35. The number of aliphatic imine (C=N–C) groups is 1. The van der Waals surface area contributed by atoms with Gasteiger partial charge in [0.25, 0.3) is 0 Å². The minimum Gasteiger partial charge on any atom is -0.367 e. The quantitative estimate of drug-likeness (QED) is 0.773. The zero-order valence-electron chi connectivity index (χ0n) is 12.7. The molecule has 0 N–H and O–H groups in total. The maximum Gasteiger partial charge on any atom is 0.129 e. The Labute approximate surface area is 120 Å². The summed E-state index contributed by atoms with van der Waals surface area (Å²) in [6.07, 6.45) is 9.91. The molecule has 4 heteroatoms. The van der Waals surface area contributed by atoms with E-state index in [1.165, 1.54) is 0 Å². The number of hydrogen-bond acceptors (Lipinski definition) is 4. The molecular formula is C16H22N4. The summed E-state index contributed by atoms with van der Waals surface area (Å²) in [6, 6.07) is 0. The van der Waals surface area contributed by atoms with Gasteiger partial charge in [-0.2, -0.15) is 0 Å². The summed E-state index contributed by atoms with van der Waals surface area (Å²) in [6.45, 7) is 6.94. The van der Waals surface area contributed by atoms with Gasteiger partial charge in [0, 0.05) is 37.6 Å². The highest BCUT2D eigenvalue weighted by molar-refractivity contribution is 5.68. The van der Waals surface area contributed by atoms with Crippen LogP contribution in [-0.4, -0.2) is 34.7 Å². The first kappa shape index (κ1) is 14.4. The van der Waals surface area contributed by atoms with E-state index in [1.807, 2.05) is 32.3 Å². The molecule has 20 heavy (non-hydrogen) atoms. The lowest BCUT2D eigenvalue weighted by Gasteiger charge is -2.24. The highest BCUT2D eigenvalue weighted by Crippen LogP contribution is 2.15. The van der Waals surface area contributed by atoms with Gasteiger partial charge in [-0.3, -0.25) is 4.99 Å². The first-order valence-corrected chi connectivity index (χ1v) is 7.14. The second kappa shape index (κ2) is 6.46. The molecule has 2 heterocycles. The third-order valence-corrected chi connectivity index (χ3v) is 3.32. The van der Waals surface area contributed by atoms with E-state index in [0.29, 0.717) is 0 Å². The molecule has 0 fully saturated rings. The lowest BCUT2D eigenvalue weighted by Crippen LogP contribution is -2.42. The van der Waals surface area contributed by atoms with Gasteiger partial charge in [0.1, 0.15) is 5.82 Å². The molecule has 1 aromatic rings. The third-order valence-electron chi connectivity index (χ3n) is 3.32. The molecule has 0 aliphatic carbocycles. The molecule has 0 radical (unpaired) electrons. The summed E-state index contributed by atoms with van der Waals surface area (Å²) in [4.78, 5) is 15.9. The highest BCUT2D eigenvalue weighted by atomic mass is 15.1. The molecule has 1 aliphatic heterocycles. The molecule has 4 nitrogen and oxygen atoms in total. The zero-order chi connectivity index (χ0) is 14.5. The van der Waals surface area contributed by atoms with Gasteiger partial charge < -0.3 is 4.90 Å². The molecule has 0 atom stereocenters. The Kier molecular flexibility index (Phi) is 4.66. The lowest BCUT2D eigenvalue weighted by atomic mass is 10.1. The third kappa shape index (κ3) is 2.79. The second-order valence-corrected chi connectivity index (χ2v) is 4.83. The van der Waals surface area contributed by atoms with Gasteiger partial charge in [-0.05, 0) is 20.3 Å². The molecule has 1 aromatic heterocycles. The van der Waals surface area contributed by atoms with Crippen molar-refractivity contribution in [1.29, 1.82) is 0 Å². The van der Waals surface area contributed by atoms with Gasteiger partial charge in [-0.15, -0.1) is 0 Å². The number of likely N-dealkylation sites (N-methyl/N-ethyl adjacent to an activating group) is 1. The van der Waals surface area contributed by atoms with Crippen LogP contribution in [0.2, 0.25) is 0 Å². The summed E-state index contributed by atoms with van der Waals surface area (Å²) < 4.78 is 0. The van der Waals surface area contributed by atoms with Crippen molar-refractivity contribution in [3.05, 3.63) is 34.4 Å². The van der Waals surface area contributed by atoms with E-state index < -0.39 is 0 Å². The second-order valence-electron chi connectivity index (χ2n) is 4.83. The smallest absolute Gasteiger partial charge is 0.129 e. The van der Waals surface area contributed by atoms with Crippen molar-refractivity contribution in [3.8, 4) is 0 Å². The van der Waals surface area contributed by atoms with E-state index in [9.17, 15) is 0 Å². The molecule has 0 saturated carbocycles. The van der Waals surface area contributed by atoms with Crippen molar-refractivity contribution in [2.24, 2.45) is 4.99 Å². The molecule has 0 saturated heterocycles. The zero-order valence-corrected chi connectivity index (χ0v) is 12.7. The molecule has 0 amide bonds. The van der Waals surface area contributed by atoms with Gasteiger partial charge in [-0.25, -0.2) is 9.97 Å². The Morgan fingerprint density at radius 1 is 1.45 bits per heavy atom. The Balaban J connectivity index is 2.72. The minimum absolute atomic E-state index is 0.857. The summed E-state index contributed by atoms with van der Waals surface area (Å²) in [5, 5.41) is 2.10. The van der Waals surface area contributed by atoms with Crippen LogP contribution >= 0.6 is 0 Å². The van der Waals surface area contributed by atoms with E-state index in [1.54, 1.807) is 0 Å². The SMILES string of the molecule is C/C=N\C(=C/C)C1=c2nc(CCC)ncc2=CCN1C. The first-order chi connectivity index (χ1) is 9.71. The fraction of sp³-hybridized carbons (Fsp3) is 0.438. The van der Waals surface area contributed by atoms with Crippen LogP contribution in [-0.2, 0) is 6.42 Å². The summed E-state index contributed by atoms with van der Waals surface area (Å²) in [7, 11) is 2.07. The van der Waals surface area contributed by atoms with Crippen LogP contribution < -0.4 is 10.6 Å². The largest absolute Gasteiger partial charge is 0.367 e. The van der Waals surface area contributed by atoms with E-state index in [-0.39, 0.29) is 0 Å². The maximum absolute atomic E-state index is 4.75. The van der Waals surface area contributed by atoms with Crippen LogP contribution in [0, 0.1) is 0 Å². The number of nitrogens with zero attached hydrogens (tertiary/aromatic N) is 4. The van der Waals surface area contributed by atoms with E-state index in [2.05, 4.69) is 34.9 Å². The van der Waals surface area contributed by atoms with Crippen molar-refractivity contribution < 1.29 is 0 Å². The Bertz CT molecular complexity index is 656. The van der Waals surface area contributed by atoms with Crippen LogP contribution in [0.4, 0.5) is 0 Å². The molecule has 0 spiro atoms. The maximum atomic E-state index is 4.75. The average molecular weight is 270 g/mol. The van der Waals surface area contributed by atoms with Crippen molar-refractivity contribution in [2.75, 3.05) is 13.6 Å². The predicted octanol–water partition coefficient (Wildman–Crippen LogP) is 1.26. The molecular weight excluding hydrogens is 248 g/mol. The minimum atomic E-state index is 0.857. The molecule has 2 rings (SSSR count). The van der Waals surface area contributed by atoms with Crippen LogP contribution in [0.5, 0.6) is 0 Å². The number of aryl methyl sites for hydroxylation is 1. The molecule has 0 bridgehead atoms. The van der Waals surface area contributed by atoms with Crippen LogP contribution in [0.25, 0.3) is 11.8 Å². The summed E-state index contributed by atoms with van der Waals surface area (Å²) in [5.41, 5.74) is 2.05. The Morgan fingerprint density at radius 2 is 2.25 bits per heavy atom. The fourth-order valence-electron chi connectivity index (χ4n) is 2.35. The van der Waals surface area contributed by atoms with Crippen molar-refractivity contribution in [3.63, 3.8) is 0 Å². The van der Waals surface area contributed by atoms with Crippen LogP contribution in [0.15, 0.2) is 23.0 Å². The summed E-state index contributed by atoms with van der Waals surface area (Å²) >= 11 is 0. The number of allylic oxidation sites excluding steroid dienone is 1. The Morgan fingerprint density at radius 3 is 2.90 bits per heavy atom. The average Bonchev–Trinajstić information content (AvgIpc) is 2.46. The van der Waals surface area contributed by atoms with Gasteiger partial charge in [-0.1, -0.05) is 19.1 Å². The number of hydrogen-bond donors (Lipinski definition) is 0. The Hall–Kier alpha value is -1.97. The lowest BCUT2D eigenvalue weighted by molar-refractivity contribution is 0.533. The monoisotopic (exact) mass is 270 g/mol. The van der Waals surface area contributed by atoms with E-state index in [4.69, 9.17) is 4.98 Å². The first-order valence-electron chi connectivity index (χ1n) is 7.14. The van der Waals surface area contributed by atoms with Gasteiger partial charge in [0.15, 0.2) is 0 Å². The molecule has 106 valence electrons. The van der Waals surface area contributed by atoms with Crippen LogP contribution in [0.1, 0.15) is 33.0 Å². The topological polar surface area (TPSA) is 41.4 Å². The highest BCUT2D eigenvalue weighted by Gasteiger charge is 2.15. The van der Waals surface area contributed by atoms with E-state index in [0.717, 1.165) is 47.2 Å². The predicted molar refractivity (Wildman–Crippen MR) is 83.7 cm³/mol. The van der Waals surface area contributed by atoms with Crippen molar-refractivity contribution >= 4 is 18.0 Å². The van der Waals surface area contributed by atoms with Crippen LogP contribution in [0.3, 0.4) is 0 Å². The van der Waals surface area contributed by atoms with Crippen molar-refractivity contribution in [2.45, 2.75) is 33.6 Å². The number of fused-ring (bicyclic) bond motifs is 1.